The van der Waals surface area contributed by atoms with Gasteiger partial charge >= 0.3 is 0 Å². The third-order valence-corrected chi connectivity index (χ3v) is 5.17. The first kappa shape index (κ1) is 14.3. The molecule has 1 aliphatic carbocycles. The molecule has 2 rings (SSSR count). The van der Waals surface area contributed by atoms with Crippen LogP contribution >= 0.6 is 0 Å². The second-order valence-electron chi connectivity index (χ2n) is 8.10. The number of nitrogens with zero attached hydrogens (tertiary/aromatic N) is 1. The lowest BCUT2D eigenvalue weighted by Crippen LogP contribution is -2.49. The number of likely N-dealkylation sites (tertiary alicyclic amines) is 1. The molecular formula is C16H31NO. The first-order valence-electron chi connectivity index (χ1n) is 7.71. The van der Waals surface area contributed by atoms with Crippen LogP contribution < -0.4 is 0 Å². The summed E-state index contributed by atoms with van der Waals surface area (Å²) < 4.78 is 0. The maximum absolute atomic E-state index is 10.3. The van der Waals surface area contributed by atoms with Crippen molar-refractivity contribution in [1.82, 2.24) is 4.90 Å². The Morgan fingerprint density at radius 1 is 0.944 bits per heavy atom. The van der Waals surface area contributed by atoms with Crippen molar-refractivity contribution in [2.24, 2.45) is 10.8 Å². The van der Waals surface area contributed by atoms with Gasteiger partial charge in [0.2, 0.25) is 0 Å². The molecule has 1 aliphatic heterocycles. The fraction of sp³-hybridized carbons (Fsp3) is 1.00. The number of hydrogen-bond donors (Lipinski definition) is 1. The van der Waals surface area contributed by atoms with Gasteiger partial charge in [-0.15, -0.1) is 0 Å². The molecule has 0 aromatic rings. The van der Waals surface area contributed by atoms with Gasteiger partial charge in [-0.1, -0.05) is 27.7 Å². The predicted octanol–water partition coefficient (Wildman–Crippen LogP) is 3.44. The molecule has 2 heteroatoms. The van der Waals surface area contributed by atoms with Crippen molar-refractivity contribution in [3.05, 3.63) is 0 Å². The van der Waals surface area contributed by atoms with E-state index in [0.29, 0.717) is 16.9 Å². The Hall–Kier alpha value is -0.0800. The summed E-state index contributed by atoms with van der Waals surface area (Å²) in [6.07, 6.45) is 7.11. The Morgan fingerprint density at radius 3 is 2.39 bits per heavy atom. The molecule has 0 bridgehead atoms. The molecule has 2 nitrogen and oxygen atoms in total. The highest BCUT2D eigenvalue weighted by atomic mass is 16.3. The van der Waals surface area contributed by atoms with E-state index in [4.69, 9.17) is 0 Å². The van der Waals surface area contributed by atoms with Crippen LogP contribution in [0, 0.1) is 10.8 Å². The molecular weight excluding hydrogens is 222 g/mol. The van der Waals surface area contributed by atoms with Gasteiger partial charge in [-0.3, -0.25) is 4.90 Å². The molecule has 1 N–H and O–H groups in total. The molecule has 0 amide bonds. The Morgan fingerprint density at radius 2 is 1.67 bits per heavy atom. The van der Waals surface area contributed by atoms with Gasteiger partial charge in [0.15, 0.2) is 0 Å². The fourth-order valence-corrected chi connectivity index (χ4v) is 3.68. The normalized spacial score (nSPS) is 37.2. The minimum Gasteiger partial charge on any atom is -0.391 e. The lowest BCUT2D eigenvalue weighted by molar-refractivity contribution is -0.0168. The molecule has 2 unspecified atom stereocenters. The number of aliphatic hydroxyl groups is 1. The van der Waals surface area contributed by atoms with Crippen LogP contribution in [0.1, 0.15) is 66.2 Å². The van der Waals surface area contributed by atoms with Crippen LogP contribution in [0.2, 0.25) is 0 Å². The van der Waals surface area contributed by atoms with E-state index in [-0.39, 0.29) is 6.10 Å². The minimum atomic E-state index is -0.0979. The zero-order valence-electron chi connectivity index (χ0n) is 12.7. The number of rotatable bonds is 1. The topological polar surface area (TPSA) is 23.5 Å². The Kier molecular flexibility index (Phi) is 4.08. The molecule has 0 aromatic carbocycles. The van der Waals surface area contributed by atoms with Crippen molar-refractivity contribution in [3.63, 3.8) is 0 Å². The van der Waals surface area contributed by atoms with Gasteiger partial charge in [0.05, 0.1) is 6.10 Å². The van der Waals surface area contributed by atoms with E-state index >= 15 is 0 Å². The van der Waals surface area contributed by atoms with Gasteiger partial charge in [-0.2, -0.15) is 0 Å². The number of aliphatic hydroxyl groups excluding tert-OH is 1. The lowest BCUT2D eigenvalue weighted by atomic mass is 9.73. The molecule has 1 saturated carbocycles. The van der Waals surface area contributed by atoms with Gasteiger partial charge in [0.1, 0.15) is 0 Å². The van der Waals surface area contributed by atoms with Gasteiger partial charge in [0.25, 0.3) is 0 Å². The summed E-state index contributed by atoms with van der Waals surface area (Å²) in [6.45, 7) is 11.8. The molecule has 2 atom stereocenters. The van der Waals surface area contributed by atoms with Crippen molar-refractivity contribution in [2.75, 3.05) is 13.1 Å². The summed E-state index contributed by atoms with van der Waals surface area (Å²) >= 11 is 0. The maximum Gasteiger partial charge on any atom is 0.0695 e. The average molecular weight is 253 g/mol. The first-order valence-corrected chi connectivity index (χ1v) is 7.71. The molecule has 1 saturated heterocycles. The fourth-order valence-electron chi connectivity index (χ4n) is 3.68. The molecule has 1 heterocycles. The summed E-state index contributed by atoms with van der Waals surface area (Å²) in [5.74, 6) is 0. The van der Waals surface area contributed by atoms with Gasteiger partial charge in [-0.05, 0) is 62.4 Å². The summed E-state index contributed by atoms with van der Waals surface area (Å²) in [7, 11) is 0. The van der Waals surface area contributed by atoms with E-state index < -0.39 is 0 Å². The van der Waals surface area contributed by atoms with Crippen LogP contribution in [-0.2, 0) is 0 Å². The molecule has 106 valence electrons. The third kappa shape index (κ3) is 3.48. The van der Waals surface area contributed by atoms with Gasteiger partial charge in [0, 0.05) is 6.04 Å². The summed E-state index contributed by atoms with van der Waals surface area (Å²) in [5.41, 5.74) is 0.898. The Balaban J connectivity index is 2.01. The summed E-state index contributed by atoms with van der Waals surface area (Å²) in [5, 5.41) is 10.3. The quantitative estimate of drug-likeness (QED) is 0.774. The van der Waals surface area contributed by atoms with Gasteiger partial charge in [-0.25, -0.2) is 0 Å². The first-order chi connectivity index (χ1) is 8.29. The van der Waals surface area contributed by atoms with Crippen LogP contribution in [-0.4, -0.2) is 35.2 Å². The predicted molar refractivity (Wildman–Crippen MR) is 76.6 cm³/mol. The zero-order valence-corrected chi connectivity index (χ0v) is 12.7. The van der Waals surface area contributed by atoms with E-state index in [1.807, 2.05) is 0 Å². The Labute approximate surface area is 113 Å². The largest absolute Gasteiger partial charge is 0.391 e. The molecule has 2 aliphatic rings. The Bertz CT molecular complexity index is 285. The summed E-state index contributed by atoms with van der Waals surface area (Å²) in [6, 6.07) is 0.405. The van der Waals surface area contributed by atoms with E-state index in [0.717, 1.165) is 12.8 Å². The maximum atomic E-state index is 10.3. The van der Waals surface area contributed by atoms with Crippen molar-refractivity contribution in [2.45, 2.75) is 78.4 Å². The minimum absolute atomic E-state index is 0.0979. The standard InChI is InChI=1S/C16H31NO/c1-15(2)7-5-10-17(11-9-15)13-12-16(3,4)8-6-14(13)18/h13-14,18H,5-12H2,1-4H3. The van der Waals surface area contributed by atoms with Gasteiger partial charge < -0.3 is 5.11 Å². The van der Waals surface area contributed by atoms with Crippen molar-refractivity contribution < 1.29 is 5.11 Å². The SMILES string of the molecule is CC1(C)CCCN(C2CC(C)(C)CCC2O)CC1. The second kappa shape index (κ2) is 5.13. The van der Waals surface area contributed by atoms with E-state index in [1.54, 1.807) is 0 Å². The molecule has 18 heavy (non-hydrogen) atoms. The van der Waals surface area contributed by atoms with Crippen LogP contribution in [0.3, 0.4) is 0 Å². The zero-order chi connectivity index (χ0) is 13.4. The monoisotopic (exact) mass is 253 g/mol. The highest BCUT2D eigenvalue weighted by Crippen LogP contribution is 2.39. The number of hydrogen-bond acceptors (Lipinski definition) is 2. The average Bonchev–Trinajstić information content (AvgIpc) is 2.43. The van der Waals surface area contributed by atoms with E-state index in [9.17, 15) is 5.11 Å². The van der Waals surface area contributed by atoms with E-state index in [2.05, 4.69) is 32.6 Å². The highest BCUT2D eigenvalue weighted by Gasteiger charge is 2.38. The van der Waals surface area contributed by atoms with Crippen LogP contribution in [0.25, 0.3) is 0 Å². The van der Waals surface area contributed by atoms with Crippen LogP contribution in [0.5, 0.6) is 0 Å². The van der Waals surface area contributed by atoms with Crippen LogP contribution in [0.15, 0.2) is 0 Å². The summed E-state index contributed by atoms with van der Waals surface area (Å²) in [4.78, 5) is 2.58. The van der Waals surface area contributed by atoms with Crippen molar-refractivity contribution in [3.8, 4) is 0 Å². The molecule has 0 radical (unpaired) electrons. The lowest BCUT2D eigenvalue weighted by Gasteiger charge is -2.44. The van der Waals surface area contributed by atoms with Crippen LogP contribution in [0.4, 0.5) is 0 Å². The molecule has 0 aromatic heterocycles. The van der Waals surface area contributed by atoms with Crippen molar-refractivity contribution in [1.29, 1.82) is 0 Å². The third-order valence-electron chi connectivity index (χ3n) is 5.17. The highest BCUT2D eigenvalue weighted by molar-refractivity contribution is 4.92. The second-order valence-corrected chi connectivity index (χ2v) is 8.10. The van der Waals surface area contributed by atoms with Crippen molar-refractivity contribution >= 4 is 0 Å². The van der Waals surface area contributed by atoms with E-state index in [1.165, 1.54) is 38.8 Å². The molecule has 0 spiro atoms. The molecule has 2 fully saturated rings. The smallest absolute Gasteiger partial charge is 0.0695 e.